The highest BCUT2D eigenvalue weighted by Crippen LogP contribution is 2.18. The first kappa shape index (κ1) is 13.8. The lowest BCUT2D eigenvalue weighted by Crippen LogP contribution is -2.23. The van der Waals surface area contributed by atoms with Crippen molar-refractivity contribution in [2.45, 2.75) is 13.0 Å². The van der Waals surface area contributed by atoms with Crippen LogP contribution in [0.5, 0.6) is 0 Å². The SMILES string of the molecule is C[C@@H](NC(=O)/C=C/c1ccc(Cl)cc1)c1cccs1. The van der Waals surface area contributed by atoms with E-state index in [0.717, 1.165) is 10.4 Å². The van der Waals surface area contributed by atoms with Gasteiger partial charge in [-0.25, -0.2) is 0 Å². The molecular formula is C15H14ClNOS. The van der Waals surface area contributed by atoms with Crippen LogP contribution in [0.4, 0.5) is 0 Å². The van der Waals surface area contributed by atoms with Gasteiger partial charge in [-0.3, -0.25) is 4.79 Å². The van der Waals surface area contributed by atoms with Gasteiger partial charge in [0.05, 0.1) is 6.04 Å². The van der Waals surface area contributed by atoms with E-state index < -0.39 is 0 Å². The fourth-order valence-electron chi connectivity index (χ4n) is 1.62. The smallest absolute Gasteiger partial charge is 0.244 e. The molecule has 1 heterocycles. The summed E-state index contributed by atoms with van der Waals surface area (Å²) in [5.41, 5.74) is 0.948. The highest BCUT2D eigenvalue weighted by atomic mass is 35.5. The van der Waals surface area contributed by atoms with Gasteiger partial charge in [0.2, 0.25) is 5.91 Å². The first-order valence-electron chi connectivity index (χ1n) is 5.93. The second-order valence-corrected chi connectivity index (χ2v) is 5.55. The number of hydrogen-bond acceptors (Lipinski definition) is 2. The maximum absolute atomic E-state index is 11.8. The Bertz CT molecular complexity index is 560. The largest absolute Gasteiger partial charge is 0.345 e. The average molecular weight is 292 g/mol. The van der Waals surface area contributed by atoms with Gasteiger partial charge in [0.15, 0.2) is 0 Å². The maximum atomic E-state index is 11.8. The highest BCUT2D eigenvalue weighted by molar-refractivity contribution is 7.10. The lowest BCUT2D eigenvalue weighted by Gasteiger charge is -2.09. The minimum Gasteiger partial charge on any atom is -0.345 e. The summed E-state index contributed by atoms with van der Waals surface area (Å²) in [6.07, 6.45) is 3.31. The first-order chi connectivity index (χ1) is 9.15. The summed E-state index contributed by atoms with van der Waals surface area (Å²) in [6.45, 7) is 1.97. The van der Waals surface area contributed by atoms with Crippen LogP contribution < -0.4 is 5.32 Å². The van der Waals surface area contributed by atoms with E-state index >= 15 is 0 Å². The van der Waals surface area contributed by atoms with Crippen LogP contribution in [-0.4, -0.2) is 5.91 Å². The normalized spacial score (nSPS) is 12.5. The molecule has 4 heteroatoms. The molecule has 1 N–H and O–H groups in total. The molecule has 1 amide bonds. The summed E-state index contributed by atoms with van der Waals surface area (Å²) >= 11 is 7.43. The summed E-state index contributed by atoms with van der Waals surface area (Å²) in [7, 11) is 0. The number of hydrogen-bond donors (Lipinski definition) is 1. The number of carbonyl (C=O) groups excluding carboxylic acids is 1. The van der Waals surface area contributed by atoms with Gasteiger partial charge in [0.25, 0.3) is 0 Å². The Morgan fingerprint density at radius 2 is 2.05 bits per heavy atom. The van der Waals surface area contributed by atoms with E-state index in [1.165, 1.54) is 6.08 Å². The molecule has 0 bridgehead atoms. The Hall–Kier alpha value is -1.58. The third kappa shape index (κ3) is 4.23. The van der Waals surface area contributed by atoms with Gasteiger partial charge >= 0.3 is 0 Å². The van der Waals surface area contributed by atoms with Crippen molar-refractivity contribution in [1.82, 2.24) is 5.32 Å². The van der Waals surface area contributed by atoms with Crippen molar-refractivity contribution in [3.63, 3.8) is 0 Å². The number of halogens is 1. The lowest BCUT2D eigenvalue weighted by atomic mass is 10.2. The molecule has 0 aliphatic heterocycles. The third-order valence-electron chi connectivity index (χ3n) is 2.63. The Kier molecular flexibility index (Phi) is 4.77. The third-order valence-corrected chi connectivity index (χ3v) is 3.93. The number of amides is 1. The molecule has 0 aliphatic rings. The van der Waals surface area contributed by atoms with E-state index in [1.807, 2.05) is 36.6 Å². The topological polar surface area (TPSA) is 29.1 Å². The van der Waals surface area contributed by atoms with E-state index in [4.69, 9.17) is 11.6 Å². The van der Waals surface area contributed by atoms with Crippen molar-refractivity contribution in [1.29, 1.82) is 0 Å². The van der Waals surface area contributed by atoms with Gasteiger partial charge in [0.1, 0.15) is 0 Å². The summed E-state index contributed by atoms with van der Waals surface area (Å²) in [5.74, 6) is -0.101. The van der Waals surface area contributed by atoms with Crippen molar-refractivity contribution >= 4 is 34.9 Å². The van der Waals surface area contributed by atoms with Crippen LogP contribution in [0.25, 0.3) is 6.08 Å². The first-order valence-corrected chi connectivity index (χ1v) is 7.18. The maximum Gasteiger partial charge on any atom is 0.244 e. The fourth-order valence-corrected chi connectivity index (χ4v) is 2.48. The standard InChI is InChI=1S/C15H14ClNOS/c1-11(14-3-2-10-19-14)17-15(18)9-6-12-4-7-13(16)8-5-12/h2-11H,1H3,(H,17,18)/b9-6+/t11-/m1/s1. The van der Waals surface area contributed by atoms with E-state index in [9.17, 15) is 4.79 Å². The molecule has 0 saturated heterocycles. The zero-order valence-corrected chi connectivity index (χ0v) is 12.0. The van der Waals surface area contributed by atoms with Crippen LogP contribution >= 0.6 is 22.9 Å². The summed E-state index contributed by atoms with van der Waals surface area (Å²) in [4.78, 5) is 12.9. The van der Waals surface area contributed by atoms with Crippen LogP contribution in [0.3, 0.4) is 0 Å². The number of thiophene rings is 1. The van der Waals surface area contributed by atoms with Crippen LogP contribution in [0.1, 0.15) is 23.4 Å². The fraction of sp³-hybridized carbons (Fsp3) is 0.133. The summed E-state index contributed by atoms with van der Waals surface area (Å²) in [5, 5.41) is 5.61. The summed E-state index contributed by atoms with van der Waals surface area (Å²) < 4.78 is 0. The van der Waals surface area contributed by atoms with E-state index in [2.05, 4.69) is 5.32 Å². The van der Waals surface area contributed by atoms with Crippen molar-refractivity contribution in [3.05, 3.63) is 63.3 Å². The van der Waals surface area contributed by atoms with Gasteiger partial charge in [-0.15, -0.1) is 11.3 Å². The molecule has 0 radical (unpaired) electrons. The molecule has 0 saturated carbocycles. The van der Waals surface area contributed by atoms with Crippen molar-refractivity contribution in [3.8, 4) is 0 Å². The molecule has 0 aliphatic carbocycles. The van der Waals surface area contributed by atoms with E-state index in [1.54, 1.807) is 29.5 Å². The van der Waals surface area contributed by atoms with Crippen molar-refractivity contribution in [2.75, 3.05) is 0 Å². The van der Waals surface area contributed by atoms with Gasteiger partial charge in [-0.2, -0.15) is 0 Å². The molecule has 1 aromatic heterocycles. The number of rotatable bonds is 4. The number of benzene rings is 1. The zero-order valence-electron chi connectivity index (χ0n) is 10.5. The van der Waals surface area contributed by atoms with E-state index in [0.29, 0.717) is 5.02 Å². The minimum atomic E-state index is -0.101. The lowest BCUT2D eigenvalue weighted by molar-refractivity contribution is -0.117. The molecule has 2 aromatic rings. The average Bonchev–Trinajstić information content (AvgIpc) is 2.92. The molecule has 0 fully saturated rings. The highest BCUT2D eigenvalue weighted by Gasteiger charge is 2.07. The summed E-state index contributed by atoms with van der Waals surface area (Å²) in [6, 6.07) is 11.4. The monoisotopic (exact) mass is 291 g/mol. The molecule has 98 valence electrons. The molecule has 2 rings (SSSR count). The number of nitrogens with one attached hydrogen (secondary N) is 1. The molecule has 1 atom stereocenters. The van der Waals surface area contributed by atoms with E-state index in [-0.39, 0.29) is 11.9 Å². The zero-order chi connectivity index (χ0) is 13.7. The molecule has 19 heavy (non-hydrogen) atoms. The van der Waals surface area contributed by atoms with Crippen molar-refractivity contribution < 1.29 is 4.79 Å². The predicted octanol–water partition coefficient (Wildman–Crippen LogP) is 4.29. The van der Waals surface area contributed by atoms with Gasteiger partial charge in [-0.1, -0.05) is 29.8 Å². The van der Waals surface area contributed by atoms with Crippen LogP contribution in [0, 0.1) is 0 Å². The molecule has 2 nitrogen and oxygen atoms in total. The Morgan fingerprint density at radius 1 is 1.32 bits per heavy atom. The quantitative estimate of drug-likeness (QED) is 0.837. The minimum absolute atomic E-state index is 0.0300. The Morgan fingerprint density at radius 3 is 2.68 bits per heavy atom. The molecule has 0 spiro atoms. The van der Waals surface area contributed by atoms with Crippen LogP contribution in [-0.2, 0) is 4.79 Å². The van der Waals surface area contributed by atoms with Crippen molar-refractivity contribution in [2.24, 2.45) is 0 Å². The Labute approximate surface area is 121 Å². The van der Waals surface area contributed by atoms with Gasteiger partial charge in [0, 0.05) is 16.0 Å². The van der Waals surface area contributed by atoms with Gasteiger partial charge < -0.3 is 5.32 Å². The molecular weight excluding hydrogens is 278 g/mol. The van der Waals surface area contributed by atoms with Crippen LogP contribution in [0.15, 0.2) is 47.9 Å². The number of carbonyl (C=O) groups is 1. The second kappa shape index (κ2) is 6.55. The molecule has 1 aromatic carbocycles. The predicted molar refractivity (Wildman–Crippen MR) is 81.4 cm³/mol. The Balaban J connectivity index is 1.92. The molecule has 0 unspecified atom stereocenters. The van der Waals surface area contributed by atoms with Crippen LogP contribution in [0.2, 0.25) is 5.02 Å². The second-order valence-electron chi connectivity index (χ2n) is 4.13. The van der Waals surface area contributed by atoms with Gasteiger partial charge in [-0.05, 0) is 42.1 Å².